The topological polar surface area (TPSA) is 44.8 Å². The number of anilines is 2. The van der Waals surface area contributed by atoms with Crippen LogP contribution >= 0.6 is 0 Å². The quantitative estimate of drug-likeness (QED) is 0.559. The van der Waals surface area contributed by atoms with Crippen LogP contribution < -0.4 is 19.9 Å². The molecular weight excluding hydrogens is 405 g/mol. The molecule has 2 aromatic carbocycles. The SMILES string of the molecule is CCCCOc1ccc(C(=O)N(C)c2ccc(N3CCC(NC4CCC4)C3)c(F)c2)cc1. The third kappa shape index (κ3) is 5.23. The van der Waals surface area contributed by atoms with Crippen molar-refractivity contribution >= 4 is 17.3 Å². The van der Waals surface area contributed by atoms with E-state index < -0.39 is 0 Å². The first kappa shape index (κ1) is 22.6. The van der Waals surface area contributed by atoms with Crippen LogP contribution in [0, 0.1) is 5.82 Å². The third-order valence-electron chi connectivity index (χ3n) is 6.60. The minimum atomic E-state index is -0.286. The first-order valence-electron chi connectivity index (χ1n) is 11.9. The van der Waals surface area contributed by atoms with Crippen molar-refractivity contribution in [2.24, 2.45) is 0 Å². The van der Waals surface area contributed by atoms with Crippen molar-refractivity contribution < 1.29 is 13.9 Å². The fourth-order valence-corrected chi connectivity index (χ4v) is 4.32. The minimum absolute atomic E-state index is 0.178. The Labute approximate surface area is 190 Å². The minimum Gasteiger partial charge on any atom is -0.494 e. The fraction of sp³-hybridized carbons (Fsp3) is 0.500. The maximum atomic E-state index is 15.0. The number of carbonyl (C=O) groups is 1. The average Bonchev–Trinajstić information content (AvgIpc) is 3.24. The molecule has 0 bridgehead atoms. The van der Waals surface area contributed by atoms with Gasteiger partial charge in [0.05, 0.1) is 12.3 Å². The van der Waals surface area contributed by atoms with Crippen LogP contribution in [0.5, 0.6) is 5.75 Å². The maximum absolute atomic E-state index is 15.0. The second-order valence-electron chi connectivity index (χ2n) is 8.95. The second kappa shape index (κ2) is 10.3. The molecule has 2 aromatic rings. The van der Waals surface area contributed by atoms with E-state index in [4.69, 9.17) is 4.74 Å². The highest BCUT2D eigenvalue weighted by Gasteiger charge is 2.28. The third-order valence-corrected chi connectivity index (χ3v) is 6.60. The number of hydrogen-bond donors (Lipinski definition) is 1. The Hall–Kier alpha value is -2.60. The van der Waals surface area contributed by atoms with Gasteiger partial charge in [-0.3, -0.25) is 4.79 Å². The zero-order chi connectivity index (χ0) is 22.5. The molecule has 2 fully saturated rings. The number of amides is 1. The molecule has 5 nitrogen and oxygen atoms in total. The molecule has 0 radical (unpaired) electrons. The summed E-state index contributed by atoms with van der Waals surface area (Å²) < 4.78 is 20.6. The molecule has 1 amide bonds. The molecule has 1 atom stereocenters. The van der Waals surface area contributed by atoms with E-state index in [1.165, 1.54) is 30.2 Å². The Morgan fingerprint density at radius 1 is 1.16 bits per heavy atom. The lowest BCUT2D eigenvalue weighted by Crippen LogP contribution is -2.43. The lowest BCUT2D eigenvalue weighted by Gasteiger charge is -2.30. The molecule has 32 heavy (non-hydrogen) atoms. The number of nitrogens with one attached hydrogen (secondary N) is 1. The number of rotatable bonds is 9. The van der Waals surface area contributed by atoms with E-state index in [-0.39, 0.29) is 11.7 Å². The first-order valence-corrected chi connectivity index (χ1v) is 11.9. The molecule has 1 N–H and O–H groups in total. The van der Waals surface area contributed by atoms with Crippen molar-refractivity contribution in [1.82, 2.24) is 5.32 Å². The van der Waals surface area contributed by atoms with E-state index >= 15 is 0 Å². The van der Waals surface area contributed by atoms with Crippen molar-refractivity contribution in [1.29, 1.82) is 0 Å². The van der Waals surface area contributed by atoms with Crippen molar-refractivity contribution in [2.75, 3.05) is 36.5 Å². The smallest absolute Gasteiger partial charge is 0.258 e. The van der Waals surface area contributed by atoms with Crippen molar-refractivity contribution in [3.63, 3.8) is 0 Å². The summed E-state index contributed by atoms with van der Waals surface area (Å²) in [6, 6.07) is 13.3. The fourth-order valence-electron chi connectivity index (χ4n) is 4.32. The number of ether oxygens (including phenoxy) is 1. The average molecular weight is 440 g/mol. The lowest BCUT2D eigenvalue weighted by atomic mass is 9.92. The van der Waals surface area contributed by atoms with Crippen LogP contribution in [0.1, 0.15) is 55.8 Å². The molecule has 1 heterocycles. The summed E-state index contributed by atoms with van der Waals surface area (Å²) >= 11 is 0. The van der Waals surface area contributed by atoms with Crippen LogP contribution in [0.15, 0.2) is 42.5 Å². The number of unbranched alkanes of at least 4 members (excludes halogenated alkanes) is 1. The van der Waals surface area contributed by atoms with Crippen LogP contribution in [0.2, 0.25) is 0 Å². The monoisotopic (exact) mass is 439 g/mol. The maximum Gasteiger partial charge on any atom is 0.258 e. The predicted molar refractivity (Wildman–Crippen MR) is 127 cm³/mol. The largest absolute Gasteiger partial charge is 0.494 e. The molecule has 172 valence electrons. The van der Waals surface area contributed by atoms with Gasteiger partial charge < -0.3 is 19.9 Å². The molecule has 2 aliphatic rings. The van der Waals surface area contributed by atoms with Crippen LogP contribution in [-0.2, 0) is 0 Å². The molecule has 0 spiro atoms. The highest BCUT2D eigenvalue weighted by Crippen LogP contribution is 2.29. The van der Waals surface area contributed by atoms with Crippen LogP contribution in [0.25, 0.3) is 0 Å². The van der Waals surface area contributed by atoms with Crippen molar-refractivity contribution in [3.05, 3.63) is 53.8 Å². The Balaban J connectivity index is 1.37. The number of halogens is 1. The van der Waals surface area contributed by atoms with Gasteiger partial charge in [0.1, 0.15) is 11.6 Å². The van der Waals surface area contributed by atoms with Gasteiger partial charge >= 0.3 is 0 Å². The molecule has 4 rings (SSSR count). The summed E-state index contributed by atoms with van der Waals surface area (Å²) in [6.07, 6.45) is 6.94. The van der Waals surface area contributed by atoms with Gasteiger partial charge in [0.15, 0.2) is 0 Å². The van der Waals surface area contributed by atoms with E-state index in [1.54, 1.807) is 25.2 Å². The van der Waals surface area contributed by atoms with Crippen LogP contribution in [-0.4, -0.2) is 44.7 Å². The van der Waals surface area contributed by atoms with Gasteiger partial charge in [-0.05, 0) is 68.1 Å². The highest BCUT2D eigenvalue weighted by molar-refractivity contribution is 6.05. The van der Waals surface area contributed by atoms with Gasteiger partial charge in [0.25, 0.3) is 5.91 Å². The summed E-state index contributed by atoms with van der Waals surface area (Å²) in [5.74, 6) is 0.290. The van der Waals surface area contributed by atoms with Gasteiger partial charge in [-0.2, -0.15) is 0 Å². The zero-order valence-corrected chi connectivity index (χ0v) is 19.1. The Morgan fingerprint density at radius 3 is 2.59 bits per heavy atom. The van der Waals surface area contributed by atoms with Crippen LogP contribution in [0.4, 0.5) is 15.8 Å². The van der Waals surface area contributed by atoms with Gasteiger partial charge in [-0.15, -0.1) is 0 Å². The van der Waals surface area contributed by atoms with Gasteiger partial charge in [-0.25, -0.2) is 4.39 Å². The Bertz CT molecular complexity index is 914. The molecule has 1 aliphatic heterocycles. The number of carbonyl (C=O) groups excluding carboxylic acids is 1. The molecule has 1 unspecified atom stereocenters. The highest BCUT2D eigenvalue weighted by atomic mass is 19.1. The summed E-state index contributed by atoms with van der Waals surface area (Å²) in [7, 11) is 1.68. The molecule has 1 aliphatic carbocycles. The number of hydrogen-bond acceptors (Lipinski definition) is 4. The molecule has 0 aromatic heterocycles. The Morgan fingerprint density at radius 2 is 1.94 bits per heavy atom. The van der Waals surface area contributed by atoms with Gasteiger partial charge in [0, 0.05) is 43.5 Å². The van der Waals surface area contributed by atoms with Gasteiger partial charge in [-0.1, -0.05) is 19.8 Å². The summed E-state index contributed by atoms with van der Waals surface area (Å²) in [5, 5.41) is 3.69. The first-order chi connectivity index (χ1) is 15.5. The number of nitrogens with zero attached hydrogens (tertiary/aromatic N) is 2. The van der Waals surface area contributed by atoms with E-state index in [2.05, 4.69) is 17.1 Å². The van der Waals surface area contributed by atoms with Crippen molar-refractivity contribution in [3.8, 4) is 5.75 Å². The standard InChI is InChI=1S/C26H34FN3O2/c1-3-4-16-32-23-11-8-19(9-12-23)26(31)29(2)22-10-13-25(24(27)17-22)30-15-14-21(18-30)28-20-6-5-7-20/h8-13,17,20-21,28H,3-7,14-16,18H2,1-2H3. The van der Waals surface area contributed by atoms with E-state index in [0.717, 1.165) is 38.1 Å². The van der Waals surface area contributed by atoms with Crippen molar-refractivity contribution in [2.45, 2.75) is 57.5 Å². The van der Waals surface area contributed by atoms with E-state index in [0.29, 0.717) is 35.6 Å². The van der Waals surface area contributed by atoms with E-state index in [1.807, 2.05) is 18.2 Å². The summed E-state index contributed by atoms with van der Waals surface area (Å²) in [5.41, 5.74) is 1.70. The molecule has 6 heteroatoms. The van der Waals surface area contributed by atoms with Gasteiger partial charge in [0.2, 0.25) is 0 Å². The van der Waals surface area contributed by atoms with E-state index in [9.17, 15) is 9.18 Å². The second-order valence-corrected chi connectivity index (χ2v) is 8.95. The van der Waals surface area contributed by atoms with Crippen LogP contribution in [0.3, 0.4) is 0 Å². The summed E-state index contributed by atoms with van der Waals surface area (Å²) in [6.45, 7) is 4.46. The molecular formula is C26H34FN3O2. The number of benzene rings is 2. The Kier molecular flexibility index (Phi) is 7.30. The summed E-state index contributed by atoms with van der Waals surface area (Å²) in [4.78, 5) is 16.5. The predicted octanol–water partition coefficient (Wildman–Crippen LogP) is 5.00. The lowest BCUT2D eigenvalue weighted by molar-refractivity contribution is 0.0993. The zero-order valence-electron chi connectivity index (χ0n) is 19.1. The molecule has 1 saturated carbocycles. The molecule has 1 saturated heterocycles. The normalized spacial score (nSPS) is 18.5.